The number of hydrogen-bond donors (Lipinski definition) is 2. The normalized spacial score (nSPS) is 13.5. The number of thioether (sulfide) groups is 1. The monoisotopic (exact) mass is 300 g/mol. The summed E-state index contributed by atoms with van der Waals surface area (Å²) in [6, 6.07) is 17.2. The molecule has 0 aliphatic rings. The molecular weight excluding hydrogens is 280 g/mol. The molecule has 0 fully saturated rings. The van der Waals surface area contributed by atoms with Crippen molar-refractivity contribution >= 4 is 23.4 Å². The second kappa shape index (κ2) is 7.29. The summed E-state index contributed by atoms with van der Waals surface area (Å²) in [6.07, 6.45) is 2.02. The number of carbonyl (C=O) groups excluding carboxylic acids is 1. The van der Waals surface area contributed by atoms with Gasteiger partial charge in [-0.05, 0) is 36.1 Å². The van der Waals surface area contributed by atoms with Crippen LogP contribution in [-0.2, 0) is 4.79 Å². The van der Waals surface area contributed by atoms with Gasteiger partial charge >= 0.3 is 0 Å². The van der Waals surface area contributed by atoms with Crippen LogP contribution in [0.3, 0.4) is 0 Å². The van der Waals surface area contributed by atoms with Gasteiger partial charge in [0.25, 0.3) is 0 Å². The molecule has 0 saturated heterocycles. The molecule has 2 aromatic carbocycles. The van der Waals surface area contributed by atoms with Gasteiger partial charge in [0.1, 0.15) is 0 Å². The van der Waals surface area contributed by atoms with E-state index in [1.165, 1.54) is 4.90 Å². The highest BCUT2D eigenvalue weighted by Crippen LogP contribution is 2.22. The first-order valence-electron chi connectivity index (χ1n) is 6.87. The van der Waals surface area contributed by atoms with Crippen LogP contribution in [0.2, 0.25) is 0 Å². The second-order valence-electron chi connectivity index (χ2n) is 4.94. The lowest BCUT2D eigenvalue weighted by Crippen LogP contribution is -2.30. The Hall–Kier alpha value is -1.78. The Bertz CT molecular complexity index is 583. The summed E-state index contributed by atoms with van der Waals surface area (Å²) in [7, 11) is 0. The van der Waals surface area contributed by atoms with Gasteiger partial charge in [-0.15, -0.1) is 11.8 Å². The smallest absolute Gasteiger partial charge is 0.229 e. The van der Waals surface area contributed by atoms with Crippen LogP contribution in [0.15, 0.2) is 59.5 Å². The van der Waals surface area contributed by atoms with E-state index in [0.717, 1.165) is 11.3 Å². The molecule has 2 rings (SSSR count). The van der Waals surface area contributed by atoms with Gasteiger partial charge in [-0.3, -0.25) is 4.79 Å². The van der Waals surface area contributed by atoms with Crippen molar-refractivity contribution in [2.24, 2.45) is 11.7 Å². The van der Waals surface area contributed by atoms with E-state index in [1.54, 1.807) is 11.8 Å². The van der Waals surface area contributed by atoms with Gasteiger partial charge in [0, 0.05) is 16.6 Å². The highest BCUT2D eigenvalue weighted by molar-refractivity contribution is 7.98. The fourth-order valence-electron chi connectivity index (χ4n) is 2.06. The zero-order valence-electron chi connectivity index (χ0n) is 12.2. The third kappa shape index (κ3) is 4.09. The van der Waals surface area contributed by atoms with Crippen molar-refractivity contribution in [3.8, 4) is 0 Å². The molecule has 110 valence electrons. The van der Waals surface area contributed by atoms with Crippen LogP contribution < -0.4 is 11.1 Å². The van der Waals surface area contributed by atoms with Crippen LogP contribution in [0.1, 0.15) is 18.5 Å². The average Bonchev–Trinajstić information content (AvgIpc) is 2.55. The van der Waals surface area contributed by atoms with Crippen LogP contribution in [0.25, 0.3) is 0 Å². The molecule has 4 heteroatoms. The Kier molecular flexibility index (Phi) is 5.42. The van der Waals surface area contributed by atoms with Gasteiger partial charge < -0.3 is 11.1 Å². The first kappa shape index (κ1) is 15.6. The lowest BCUT2D eigenvalue weighted by Gasteiger charge is -2.20. The average molecular weight is 300 g/mol. The molecule has 0 aliphatic carbocycles. The van der Waals surface area contributed by atoms with E-state index < -0.39 is 0 Å². The predicted octanol–water partition coefficient (Wildman–Crippen LogP) is 3.68. The summed E-state index contributed by atoms with van der Waals surface area (Å²) in [5.74, 6) is -0.365. The van der Waals surface area contributed by atoms with Crippen molar-refractivity contribution in [3.05, 3.63) is 60.2 Å². The largest absolute Gasteiger partial charge is 0.326 e. The van der Waals surface area contributed by atoms with Gasteiger partial charge in [0.15, 0.2) is 0 Å². The SMILES string of the molecule is CSc1ccc(NC(=O)C(C)C(N)c2ccccc2)cc1. The Labute approximate surface area is 129 Å². The number of amides is 1. The highest BCUT2D eigenvalue weighted by Gasteiger charge is 2.22. The zero-order valence-corrected chi connectivity index (χ0v) is 13.1. The molecule has 3 N–H and O–H groups in total. The quantitative estimate of drug-likeness (QED) is 0.828. The summed E-state index contributed by atoms with van der Waals surface area (Å²) in [6.45, 7) is 1.85. The van der Waals surface area contributed by atoms with E-state index in [2.05, 4.69) is 5.32 Å². The Balaban J connectivity index is 2.01. The fraction of sp³-hybridized carbons (Fsp3) is 0.235. The molecule has 1 amide bonds. The molecule has 0 aliphatic heterocycles. The Morgan fingerprint density at radius 3 is 2.29 bits per heavy atom. The summed E-state index contributed by atoms with van der Waals surface area (Å²) < 4.78 is 0. The fourth-order valence-corrected chi connectivity index (χ4v) is 2.47. The van der Waals surface area contributed by atoms with Crippen molar-refractivity contribution in [1.82, 2.24) is 0 Å². The number of nitrogens with two attached hydrogens (primary N) is 1. The summed E-state index contributed by atoms with van der Waals surface area (Å²) in [5, 5.41) is 2.92. The molecule has 0 aromatic heterocycles. The van der Waals surface area contributed by atoms with E-state index >= 15 is 0 Å². The maximum atomic E-state index is 12.3. The van der Waals surface area contributed by atoms with E-state index in [9.17, 15) is 4.79 Å². The van der Waals surface area contributed by atoms with Crippen LogP contribution in [0.5, 0.6) is 0 Å². The molecular formula is C17H20N2OS. The van der Waals surface area contributed by atoms with E-state index in [4.69, 9.17) is 5.73 Å². The standard InChI is InChI=1S/C17H20N2OS/c1-12(16(18)13-6-4-3-5-7-13)17(20)19-14-8-10-15(21-2)11-9-14/h3-12,16H,18H2,1-2H3,(H,19,20). The number of hydrogen-bond acceptors (Lipinski definition) is 3. The van der Waals surface area contributed by atoms with Gasteiger partial charge in [-0.25, -0.2) is 0 Å². The van der Waals surface area contributed by atoms with E-state index in [0.29, 0.717) is 0 Å². The van der Waals surface area contributed by atoms with Crippen molar-refractivity contribution in [2.75, 3.05) is 11.6 Å². The highest BCUT2D eigenvalue weighted by atomic mass is 32.2. The third-order valence-corrected chi connectivity index (χ3v) is 4.24. The second-order valence-corrected chi connectivity index (χ2v) is 5.82. The van der Waals surface area contributed by atoms with Crippen molar-refractivity contribution in [1.29, 1.82) is 0 Å². The third-order valence-electron chi connectivity index (χ3n) is 3.49. The molecule has 0 heterocycles. The number of nitrogens with one attached hydrogen (secondary N) is 1. The molecule has 2 aromatic rings. The molecule has 0 saturated carbocycles. The lowest BCUT2D eigenvalue weighted by molar-refractivity contribution is -0.120. The number of anilines is 1. The topological polar surface area (TPSA) is 55.1 Å². The predicted molar refractivity (Wildman–Crippen MR) is 89.4 cm³/mol. The Morgan fingerprint density at radius 1 is 1.10 bits per heavy atom. The molecule has 0 spiro atoms. The summed E-state index contributed by atoms with van der Waals surface area (Å²) in [5.41, 5.74) is 7.94. The van der Waals surface area contributed by atoms with Crippen molar-refractivity contribution in [2.45, 2.75) is 17.9 Å². The van der Waals surface area contributed by atoms with Crippen LogP contribution >= 0.6 is 11.8 Å². The van der Waals surface area contributed by atoms with Crippen molar-refractivity contribution in [3.63, 3.8) is 0 Å². The van der Waals surface area contributed by atoms with E-state index in [1.807, 2.05) is 67.8 Å². The lowest BCUT2D eigenvalue weighted by atomic mass is 9.94. The zero-order chi connectivity index (χ0) is 15.2. The molecule has 2 atom stereocenters. The van der Waals surface area contributed by atoms with Gasteiger partial charge in [0.2, 0.25) is 5.91 Å². The summed E-state index contributed by atoms with van der Waals surface area (Å²) >= 11 is 1.67. The first-order valence-corrected chi connectivity index (χ1v) is 8.09. The van der Waals surface area contributed by atoms with Crippen molar-refractivity contribution < 1.29 is 4.79 Å². The van der Waals surface area contributed by atoms with Gasteiger partial charge in [-0.2, -0.15) is 0 Å². The first-order chi connectivity index (χ1) is 10.1. The molecule has 0 radical (unpaired) electrons. The molecule has 2 unspecified atom stereocenters. The maximum absolute atomic E-state index is 12.3. The molecule has 21 heavy (non-hydrogen) atoms. The van der Waals surface area contributed by atoms with E-state index in [-0.39, 0.29) is 17.9 Å². The number of rotatable bonds is 5. The van der Waals surface area contributed by atoms with Crippen LogP contribution in [-0.4, -0.2) is 12.2 Å². The maximum Gasteiger partial charge on any atom is 0.229 e. The summed E-state index contributed by atoms with van der Waals surface area (Å²) in [4.78, 5) is 13.5. The minimum Gasteiger partial charge on any atom is -0.326 e. The molecule has 3 nitrogen and oxygen atoms in total. The van der Waals surface area contributed by atoms with Crippen LogP contribution in [0, 0.1) is 5.92 Å². The Morgan fingerprint density at radius 2 is 1.71 bits per heavy atom. The minimum absolute atomic E-state index is 0.0664. The molecule has 0 bridgehead atoms. The van der Waals surface area contributed by atoms with Gasteiger partial charge in [-0.1, -0.05) is 37.3 Å². The van der Waals surface area contributed by atoms with Gasteiger partial charge in [0.05, 0.1) is 5.92 Å². The van der Waals surface area contributed by atoms with Crippen LogP contribution in [0.4, 0.5) is 5.69 Å². The number of carbonyl (C=O) groups is 1. The number of benzene rings is 2. The minimum atomic E-state index is -0.309.